The standard InChI is InChI=1S/C21H25Cl2N3O3/c1-13-9-21(12-29-13)5-7-26(8-6-21)20-16(11-27)25-15(10-24-20)18-17(28-2)4-3-14(22)19(18)23/h3-4,10,13,27H,5-9,11-12H2,1-2H3/t13-/m0/s1. The van der Waals surface area contributed by atoms with Crippen LogP contribution in [0.1, 0.15) is 31.9 Å². The van der Waals surface area contributed by atoms with Crippen molar-refractivity contribution in [1.29, 1.82) is 0 Å². The van der Waals surface area contributed by atoms with Crippen LogP contribution in [-0.2, 0) is 11.3 Å². The van der Waals surface area contributed by atoms with Gasteiger partial charge < -0.3 is 19.5 Å². The maximum Gasteiger partial charge on any atom is 0.152 e. The summed E-state index contributed by atoms with van der Waals surface area (Å²) in [6, 6.07) is 3.42. The van der Waals surface area contributed by atoms with Crippen LogP contribution >= 0.6 is 23.2 Å². The number of hydrogen-bond donors (Lipinski definition) is 1. The van der Waals surface area contributed by atoms with Gasteiger partial charge in [0, 0.05) is 13.1 Å². The van der Waals surface area contributed by atoms with E-state index < -0.39 is 0 Å². The van der Waals surface area contributed by atoms with Crippen molar-refractivity contribution in [3.05, 3.63) is 34.1 Å². The first-order valence-electron chi connectivity index (χ1n) is 9.82. The second-order valence-corrected chi connectivity index (χ2v) is 8.72. The van der Waals surface area contributed by atoms with Crippen LogP contribution in [0.4, 0.5) is 5.82 Å². The molecule has 2 aliphatic heterocycles. The van der Waals surface area contributed by atoms with Crippen molar-refractivity contribution in [2.45, 2.75) is 38.9 Å². The molecule has 2 fully saturated rings. The fraction of sp³-hybridized carbons (Fsp3) is 0.524. The molecule has 0 radical (unpaired) electrons. The lowest BCUT2D eigenvalue weighted by atomic mass is 9.77. The number of rotatable bonds is 4. The molecule has 2 aromatic rings. The molecule has 0 bridgehead atoms. The molecule has 0 saturated carbocycles. The van der Waals surface area contributed by atoms with Crippen LogP contribution in [0.25, 0.3) is 11.3 Å². The van der Waals surface area contributed by atoms with E-state index in [1.807, 2.05) is 0 Å². The van der Waals surface area contributed by atoms with Crippen molar-refractivity contribution in [1.82, 2.24) is 9.97 Å². The Bertz CT molecular complexity index is 901. The smallest absolute Gasteiger partial charge is 0.152 e. The minimum atomic E-state index is -0.210. The third kappa shape index (κ3) is 3.91. The maximum absolute atomic E-state index is 9.97. The maximum atomic E-state index is 9.97. The number of anilines is 1. The molecule has 0 aliphatic carbocycles. The van der Waals surface area contributed by atoms with Gasteiger partial charge >= 0.3 is 0 Å². The highest BCUT2D eigenvalue weighted by Gasteiger charge is 2.41. The summed E-state index contributed by atoms with van der Waals surface area (Å²) in [4.78, 5) is 11.5. The SMILES string of the molecule is COc1ccc(Cl)c(Cl)c1-c1cnc(N2CCC3(CC2)CO[C@@H](C)C3)c(CO)n1. The fourth-order valence-corrected chi connectivity index (χ4v) is 4.85. The van der Waals surface area contributed by atoms with Gasteiger partial charge in [-0.2, -0.15) is 0 Å². The van der Waals surface area contributed by atoms with E-state index >= 15 is 0 Å². The van der Waals surface area contributed by atoms with Crippen molar-refractivity contribution in [2.75, 3.05) is 31.7 Å². The van der Waals surface area contributed by atoms with E-state index in [1.165, 1.54) is 0 Å². The summed E-state index contributed by atoms with van der Waals surface area (Å²) in [6.45, 7) is 4.52. The molecule has 0 unspecified atom stereocenters. The first-order chi connectivity index (χ1) is 14.0. The number of piperidine rings is 1. The number of hydrogen-bond acceptors (Lipinski definition) is 6. The van der Waals surface area contributed by atoms with Gasteiger partial charge in [-0.05, 0) is 43.7 Å². The molecule has 1 aromatic heterocycles. The van der Waals surface area contributed by atoms with Crippen LogP contribution in [0.5, 0.6) is 5.75 Å². The first-order valence-corrected chi connectivity index (χ1v) is 10.6. The molecular formula is C21H25Cl2N3O3. The third-order valence-corrected chi connectivity index (χ3v) is 6.83. The van der Waals surface area contributed by atoms with E-state index in [1.54, 1.807) is 25.4 Å². The van der Waals surface area contributed by atoms with Crippen LogP contribution in [0.3, 0.4) is 0 Å². The zero-order valence-corrected chi connectivity index (χ0v) is 18.1. The van der Waals surface area contributed by atoms with E-state index in [0.29, 0.717) is 38.9 Å². The normalized spacial score (nSPS) is 21.0. The average Bonchev–Trinajstić information content (AvgIpc) is 3.10. The van der Waals surface area contributed by atoms with Crippen molar-refractivity contribution >= 4 is 29.0 Å². The van der Waals surface area contributed by atoms with Crippen molar-refractivity contribution < 1.29 is 14.6 Å². The molecule has 3 heterocycles. The summed E-state index contributed by atoms with van der Waals surface area (Å²) in [5.41, 5.74) is 1.90. The number of aliphatic hydroxyl groups is 1. The second-order valence-electron chi connectivity index (χ2n) is 7.94. The molecule has 1 atom stereocenters. The lowest BCUT2D eigenvalue weighted by molar-refractivity contribution is 0.0975. The summed E-state index contributed by atoms with van der Waals surface area (Å²) in [5.74, 6) is 1.27. The van der Waals surface area contributed by atoms with Crippen molar-refractivity contribution in [2.24, 2.45) is 5.41 Å². The number of ether oxygens (including phenoxy) is 2. The van der Waals surface area contributed by atoms with Gasteiger partial charge in [0.1, 0.15) is 11.4 Å². The number of aliphatic hydroxyl groups excluding tert-OH is 1. The fourth-order valence-electron chi connectivity index (χ4n) is 4.44. The Labute approximate surface area is 180 Å². The first kappa shape index (κ1) is 20.7. The Morgan fingerprint density at radius 2 is 2.07 bits per heavy atom. The van der Waals surface area contributed by atoms with Crippen molar-refractivity contribution in [3.63, 3.8) is 0 Å². The molecule has 29 heavy (non-hydrogen) atoms. The topological polar surface area (TPSA) is 67.7 Å². The minimum Gasteiger partial charge on any atom is -0.496 e. The summed E-state index contributed by atoms with van der Waals surface area (Å²) >= 11 is 12.6. The summed E-state index contributed by atoms with van der Waals surface area (Å²) in [6.07, 6.45) is 5.23. The molecule has 8 heteroatoms. The number of halogens is 2. The van der Waals surface area contributed by atoms with Gasteiger partial charge in [0.2, 0.25) is 0 Å². The number of benzene rings is 1. The Morgan fingerprint density at radius 3 is 2.69 bits per heavy atom. The second kappa shape index (κ2) is 8.26. The van der Waals surface area contributed by atoms with Crippen LogP contribution in [-0.4, -0.2) is 48.0 Å². The molecule has 2 saturated heterocycles. The zero-order valence-electron chi connectivity index (χ0n) is 16.6. The Kier molecular flexibility index (Phi) is 5.89. The molecule has 2 aliphatic rings. The minimum absolute atomic E-state index is 0.210. The lowest BCUT2D eigenvalue weighted by Gasteiger charge is -2.39. The number of aromatic nitrogens is 2. The Balaban J connectivity index is 1.61. The van der Waals surface area contributed by atoms with E-state index in [4.69, 9.17) is 32.7 Å². The van der Waals surface area contributed by atoms with Gasteiger partial charge in [-0.1, -0.05) is 23.2 Å². The van der Waals surface area contributed by atoms with Gasteiger partial charge in [0.05, 0.1) is 53.9 Å². The summed E-state index contributed by atoms with van der Waals surface area (Å²) in [7, 11) is 1.56. The molecule has 1 spiro atoms. The number of methoxy groups -OCH3 is 1. The van der Waals surface area contributed by atoms with Gasteiger partial charge in [-0.3, -0.25) is 0 Å². The van der Waals surface area contributed by atoms with Crippen LogP contribution in [0.15, 0.2) is 18.3 Å². The average molecular weight is 438 g/mol. The van der Waals surface area contributed by atoms with Gasteiger partial charge in [0.25, 0.3) is 0 Å². The summed E-state index contributed by atoms with van der Waals surface area (Å²) in [5, 5.41) is 10.7. The summed E-state index contributed by atoms with van der Waals surface area (Å²) < 4.78 is 11.2. The van der Waals surface area contributed by atoms with E-state index in [0.717, 1.165) is 44.8 Å². The van der Waals surface area contributed by atoms with E-state index in [-0.39, 0.29) is 12.0 Å². The largest absolute Gasteiger partial charge is 0.496 e. The zero-order chi connectivity index (χ0) is 20.6. The molecular weight excluding hydrogens is 413 g/mol. The van der Waals surface area contributed by atoms with Crippen LogP contribution < -0.4 is 9.64 Å². The van der Waals surface area contributed by atoms with Crippen LogP contribution in [0.2, 0.25) is 10.0 Å². The number of nitrogens with zero attached hydrogens (tertiary/aromatic N) is 3. The monoisotopic (exact) mass is 437 g/mol. The molecule has 156 valence electrons. The van der Waals surface area contributed by atoms with Crippen LogP contribution in [0, 0.1) is 5.41 Å². The van der Waals surface area contributed by atoms with Gasteiger partial charge in [-0.15, -0.1) is 0 Å². The predicted octanol–water partition coefficient (Wildman–Crippen LogP) is 4.35. The highest BCUT2D eigenvalue weighted by atomic mass is 35.5. The van der Waals surface area contributed by atoms with Gasteiger partial charge in [-0.25, -0.2) is 9.97 Å². The van der Waals surface area contributed by atoms with E-state index in [2.05, 4.69) is 21.8 Å². The molecule has 4 rings (SSSR count). The van der Waals surface area contributed by atoms with Crippen molar-refractivity contribution in [3.8, 4) is 17.0 Å². The Hall–Kier alpha value is -1.60. The third-order valence-electron chi connectivity index (χ3n) is 6.02. The molecule has 1 N–H and O–H groups in total. The molecule has 6 nitrogen and oxygen atoms in total. The highest BCUT2D eigenvalue weighted by molar-refractivity contribution is 6.44. The highest BCUT2D eigenvalue weighted by Crippen LogP contribution is 2.43. The lowest BCUT2D eigenvalue weighted by Crippen LogP contribution is -2.41. The molecule has 0 amide bonds. The quantitative estimate of drug-likeness (QED) is 0.766. The predicted molar refractivity (Wildman–Crippen MR) is 114 cm³/mol. The van der Waals surface area contributed by atoms with E-state index in [9.17, 15) is 5.11 Å². The molecule has 1 aromatic carbocycles. The Morgan fingerprint density at radius 1 is 1.31 bits per heavy atom. The van der Waals surface area contributed by atoms with Gasteiger partial charge in [0.15, 0.2) is 5.82 Å².